The first-order valence-electron chi connectivity index (χ1n) is 6.18. The van der Waals surface area contributed by atoms with Crippen LogP contribution >= 0.6 is 0 Å². The van der Waals surface area contributed by atoms with Gasteiger partial charge < -0.3 is 15.8 Å². The lowest BCUT2D eigenvalue weighted by molar-refractivity contribution is 0.334. The summed E-state index contributed by atoms with van der Waals surface area (Å²) in [6.07, 6.45) is 1.75. The Morgan fingerprint density at radius 3 is 2.84 bits per heavy atom. The highest BCUT2D eigenvalue weighted by Gasteiger charge is 2.02. The molecule has 1 aromatic carbocycles. The number of nitrogens with two attached hydrogens (primary N) is 1. The maximum atomic E-state index is 5.79. The van der Waals surface area contributed by atoms with Gasteiger partial charge in [-0.05, 0) is 26.0 Å². The van der Waals surface area contributed by atoms with E-state index in [1.807, 2.05) is 38.1 Å². The van der Waals surface area contributed by atoms with Gasteiger partial charge >= 0.3 is 0 Å². The minimum atomic E-state index is 0.517. The number of nitrogens with zero attached hydrogens (tertiary/aromatic N) is 2. The van der Waals surface area contributed by atoms with Gasteiger partial charge in [-0.2, -0.15) is 0 Å². The van der Waals surface area contributed by atoms with E-state index in [0.29, 0.717) is 24.6 Å². The van der Waals surface area contributed by atoms with Gasteiger partial charge in [-0.25, -0.2) is 4.98 Å². The largest absolute Gasteiger partial charge is 0.490 e. The van der Waals surface area contributed by atoms with Crippen LogP contribution in [0.3, 0.4) is 0 Å². The summed E-state index contributed by atoms with van der Waals surface area (Å²) >= 11 is 0. The number of rotatable bonds is 5. The molecule has 0 atom stereocenters. The molecule has 0 radical (unpaired) electrons. The Labute approximate surface area is 112 Å². The standard InChI is InChI=1S/C14H18N4O/c1-10-9-17-11(2)14(18-10)16-7-8-19-13-6-4-3-5-12(13)15/h3-6,9H,7-8,15H2,1-2H3,(H,16,18). The topological polar surface area (TPSA) is 73.1 Å². The van der Waals surface area contributed by atoms with Gasteiger partial charge in [0.05, 0.1) is 23.6 Å². The Bertz CT molecular complexity index is 557. The Morgan fingerprint density at radius 1 is 1.26 bits per heavy atom. The average molecular weight is 258 g/mol. The van der Waals surface area contributed by atoms with E-state index in [9.17, 15) is 0 Å². The summed E-state index contributed by atoms with van der Waals surface area (Å²) in [6.45, 7) is 5.00. The zero-order valence-corrected chi connectivity index (χ0v) is 11.2. The summed E-state index contributed by atoms with van der Waals surface area (Å²) < 4.78 is 5.59. The number of para-hydroxylation sites is 2. The number of anilines is 2. The van der Waals surface area contributed by atoms with Crippen LogP contribution in [0.15, 0.2) is 30.5 Å². The monoisotopic (exact) mass is 258 g/mol. The van der Waals surface area contributed by atoms with E-state index in [1.54, 1.807) is 6.20 Å². The first-order chi connectivity index (χ1) is 9.16. The van der Waals surface area contributed by atoms with Gasteiger partial charge in [0.25, 0.3) is 0 Å². The Morgan fingerprint density at radius 2 is 2.05 bits per heavy atom. The highest BCUT2D eigenvalue weighted by Crippen LogP contribution is 2.19. The molecular formula is C14H18N4O. The molecular weight excluding hydrogens is 240 g/mol. The molecule has 0 aliphatic carbocycles. The number of aryl methyl sites for hydroxylation is 2. The maximum Gasteiger partial charge on any atom is 0.147 e. The van der Waals surface area contributed by atoms with Gasteiger partial charge in [0.15, 0.2) is 0 Å². The van der Waals surface area contributed by atoms with Crippen molar-refractivity contribution in [3.8, 4) is 5.75 Å². The third-order valence-electron chi connectivity index (χ3n) is 2.65. The number of benzene rings is 1. The molecule has 0 aliphatic rings. The summed E-state index contributed by atoms with van der Waals surface area (Å²) in [5.74, 6) is 1.50. The second-order valence-corrected chi connectivity index (χ2v) is 4.26. The van der Waals surface area contributed by atoms with Gasteiger partial charge in [0.2, 0.25) is 0 Å². The molecule has 5 heteroatoms. The predicted octanol–water partition coefficient (Wildman–Crippen LogP) is 2.17. The maximum absolute atomic E-state index is 5.79. The SMILES string of the molecule is Cc1cnc(C)c(NCCOc2ccccc2N)n1. The fourth-order valence-electron chi connectivity index (χ4n) is 1.65. The van der Waals surface area contributed by atoms with Crippen LogP contribution in [-0.2, 0) is 0 Å². The molecule has 100 valence electrons. The molecule has 5 nitrogen and oxygen atoms in total. The predicted molar refractivity (Wildman–Crippen MR) is 76.3 cm³/mol. The zero-order valence-electron chi connectivity index (χ0n) is 11.2. The first-order valence-corrected chi connectivity index (χ1v) is 6.18. The van der Waals surface area contributed by atoms with Crippen LogP contribution in [0.25, 0.3) is 0 Å². The number of ether oxygens (including phenoxy) is 1. The molecule has 1 aromatic heterocycles. The van der Waals surface area contributed by atoms with Gasteiger partial charge in [0, 0.05) is 6.20 Å². The number of nitrogen functional groups attached to an aromatic ring is 1. The third-order valence-corrected chi connectivity index (χ3v) is 2.65. The highest BCUT2D eigenvalue weighted by atomic mass is 16.5. The molecule has 3 N–H and O–H groups in total. The van der Waals surface area contributed by atoms with Crippen LogP contribution in [-0.4, -0.2) is 23.1 Å². The molecule has 0 saturated heterocycles. The minimum Gasteiger partial charge on any atom is -0.490 e. The van der Waals surface area contributed by atoms with Crippen LogP contribution < -0.4 is 15.8 Å². The lowest BCUT2D eigenvalue weighted by Crippen LogP contribution is -2.14. The fraction of sp³-hybridized carbons (Fsp3) is 0.286. The van der Waals surface area contributed by atoms with E-state index >= 15 is 0 Å². The first kappa shape index (κ1) is 13.1. The highest BCUT2D eigenvalue weighted by molar-refractivity contribution is 5.51. The van der Waals surface area contributed by atoms with E-state index in [2.05, 4.69) is 15.3 Å². The van der Waals surface area contributed by atoms with Crippen molar-refractivity contribution in [1.82, 2.24) is 9.97 Å². The molecule has 2 aromatic rings. The van der Waals surface area contributed by atoms with E-state index in [1.165, 1.54) is 0 Å². The van der Waals surface area contributed by atoms with Crippen LogP contribution in [0.2, 0.25) is 0 Å². The lowest BCUT2D eigenvalue weighted by atomic mass is 10.3. The van der Waals surface area contributed by atoms with Gasteiger partial charge in [0.1, 0.15) is 18.2 Å². The normalized spacial score (nSPS) is 10.2. The van der Waals surface area contributed by atoms with E-state index in [4.69, 9.17) is 10.5 Å². The number of hydrogen-bond acceptors (Lipinski definition) is 5. The molecule has 0 aliphatic heterocycles. The molecule has 0 unspecified atom stereocenters. The van der Waals surface area contributed by atoms with Crippen molar-refractivity contribution < 1.29 is 4.74 Å². The molecule has 19 heavy (non-hydrogen) atoms. The molecule has 0 amide bonds. The van der Waals surface area contributed by atoms with Crippen molar-refractivity contribution in [2.24, 2.45) is 0 Å². The minimum absolute atomic E-state index is 0.517. The van der Waals surface area contributed by atoms with Crippen molar-refractivity contribution in [1.29, 1.82) is 0 Å². The fourth-order valence-corrected chi connectivity index (χ4v) is 1.65. The second kappa shape index (κ2) is 6.04. The van der Waals surface area contributed by atoms with Crippen molar-refractivity contribution in [3.63, 3.8) is 0 Å². The average Bonchev–Trinajstić information content (AvgIpc) is 2.40. The molecule has 2 rings (SSSR count). The van der Waals surface area contributed by atoms with Crippen LogP contribution in [0.5, 0.6) is 5.75 Å². The molecule has 0 bridgehead atoms. The van der Waals surface area contributed by atoms with Gasteiger partial charge in [-0.1, -0.05) is 12.1 Å². The summed E-state index contributed by atoms with van der Waals surface area (Å²) in [6, 6.07) is 7.45. The van der Waals surface area contributed by atoms with Gasteiger partial charge in [-0.15, -0.1) is 0 Å². The van der Waals surface area contributed by atoms with Crippen molar-refractivity contribution >= 4 is 11.5 Å². The number of hydrogen-bond donors (Lipinski definition) is 2. The van der Waals surface area contributed by atoms with E-state index in [0.717, 1.165) is 17.2 Å². The molecule has 1 heterocycles. The van der Waals surface area contributed by atoms with Crippen molar-refractivity contribution in [2.75, 3.05) is 24.2 Å². The number of aromatic nitrogens is 2. The Balaban J connectivity index is 1.84. The Hall–Kier alpha value is -2.30. The smallest absolute Gasteiger partial charge is 0.147 e. The van der Waals surface area contributed by atoms with Gasteiger partial charge in [-0.3, -0.25) is 4.98 Å². The summed E-state index contributed by atoms with van der Waals surface area (Å²) in [5.41, 5.74) is 8.21. The van der Waals surface area contributed by atoms with Crippen molar-refractivity contribution in [3.05, 3.63) is 41.9 Å². The number of nitrogens with one attached hydrogen (secondary N) is 1. The summed E-state index contributed by atoms with van der Waals surface area (Å²) in [5, 5.41) is 3.20. The Kier molecular flexibility index (Phi) is 4.18. The summed E-state index contributed by atoms with van der Waals surface area (Å²) in [4.78, 5) is 8.62. The van der Waals surface area contributed by atoms with E-state index < -0.39 is 0 Å². The molecule has 0 spiro atoms. The van der Waals surface area contributed by atoms with Crippen LogP contribution in [0.4, 0.5) is 11.5 Å². The third kappa shape index (κ3) is 3.58. The second-order valence-electron chi connectivity index (χ2n) is 4.26. The molecule has 0 fully saturated rings. The lowest BCUT2D eigenvalue weighted by Gasteiger charge is -2.11. The quantitative estimate of drug-likeness (QED) is 0.635. The van der Waals surface area contributed by atoms with Crippen molar-refractivity contribution in [2.45, 2.75) is 13.8 Å². The van der Waals surface area contributed by atoms with Crippen LogP contribution in [0, 0.1) is 13.8 Å². The molecule has 0 saturated carbocycles. The van der Waals surface area contributed by atoms with Crippen LogP contribution in [0.1, 0.15) is 11.4 Å². The summed E-state index contributed by atoms with van der Waals surface area (Å²) in [7, 11) is 0. The van der Waals surface area contributed by atoms with E-state index in [-0.39, 0.29) is 0 Å². The zero-order chi connectivity index (χ0) is 13.7.